The summed E-state index contributed by atoms with van der Waals surface area (Å²) in [5.74, 6) is 0.259. The van der Waals surface area contributed by atoms with Crippen LogP contribution in [0.5, 0.6) is 0 Å². The van der Waals surface area contributed by atoms with E-state index in [0.717, 1.165) is 11.3 Å². The van der Waals surface area contributed by atoms with Crippen LogP contribution in [0.1, 0.15) is 5.56 Å². The van der Waals surface area contributed by atoms with Crippen LogP contribution in [0.3, 0.4) is 0 Å². The molecule has 3 rings (SSSR count). The third kappa shape index (κ3) is 4.08. The Morgan fingerprint density at radius 1 is 1.35 bits per heavy atom. The van der Waals surface area contributed by atoms with Gasteiger partial charge in [-0.05, 0) is 6.92 Å². The van der Waals surface area contributed by atoms with Crippen molar-refractivity contribution in [3.63, 3.8) is 0 Å². The van der Waals surface area contributed by atoms with Gasteiger partial charge in [0.1, 0.15) is 0 Å². The van der Waals surface area contributed by atoms with Gasteiger partial charge in [-0.25, -0.2) is 10.1 Å². The number of nitrogens with zero attached hydrogens (tertiary/aromatic N) is 3. The fourth-order valence-electron chi connectivity index (χ4n) is 1.80. The highest BCUT2D eigenvalue weighted by molar-refractivity contribution is 7.99. The number of thiazole rings is 1. The zero-order valence-electron chi connectivity index (χ0n) is 12.2. The molecule has 0 spiro atoms. The Labute approximate surface area is 140 Å². The quantitative estimate of drug-likeness (QED) is 0.613. The van der Waals surface area contributed by atoms with Crippen LogP contribution >= 0.6 is 23.1 Å². The highest BCUT2D eigenvalue weighted by Gasteiger charge is 2.10. The minimum atomic E-state index is -0.164. The van der Waals surface area contributed by atoms with E-state index in [4.69, 9.17) is 5.73 Å². The van der Waals surface area contributed by atoms with E-state index < -0.39 is 0 Å². The van der Waals surface area contributed by atoms with Gasteiger partial charge in [0.05, 0.1) is 11.4 Å². The normalized spacial score (nSPS) is 10.7. The number of nitrogen functional groups attached to an aromatic ring is 1. The summed E-state index contributed by atoms with van der Waals surface area (Å²) in [6, 6.07) is 8.09. The van der Waals surface area contributed by atoms with Crippen LogP contribution in [-0.2, 0) is 4.79 Å². The van der Waals surface area contributed by atoms with Crippen molar-refractivity contribution in [1.82, 2.24) is 20.2 Å². The summed E-state index contributed by atoms with van der Waals surface area (Å²) in [6.45, 7) is 2.04. The number of carbonyl (C=O) groups is 1. The van der Waals surface area contributed by atoms with Gasteiger partial charge in [-0.1, -0.05) is 41.6 Å². The van der Waals surface area contributed by atoms with Crippen LogP contribution in [-0.4, -0.2) is 31.8 Å². The minimum Gasteiger partial charge on any atom is -0.368 e. The number of hydrogen-bond acceptors (Lipinski definition) is 7. The van der Waals surface area contributed by atoms with Crippen molar-refractivity contribution < 1.29 is 4.79 Å². The number of aromatic amines is 1. The zero-order valence-corrected chi connectivity index (χ0v) is 13.9. The molecule has 23 heavy (non-hydrogen) atoms. The molecule has 1 amide bonds. The van der Waals surface area contributed by atoms with Crippen molar-refractivity contribution in [2.75, 3.05) is 16.8 Å². The number of benzene rings is 1. The Balaban J connectivity index is 1.58. The number of aryl methyl sites for hydroxylation is 1. The number of thioether (sulfide) groups is 1. The number of nitrogens with one attached hydrogen (secondary N) is 2. The average molecular weight is 346 g/mol. The summed E-state index contributed by atoms with van der Waals surface area (Å²) in [5, 5.41) is 12.1. The molecule has 2 aromatic heterocycles. The molecule has 4 N–H and O–H groups in total. The molecule has 3 aromatic rings. The van der Waals surface area contributed by atoms with Gasteiger partial charge in [-0.15, -0.1) is 16.4 Å². The largest absolute Gasteiger partial charge is 0.368 e. The van der Waals surface area contributed by atoms with Crippen molar-refractivity contribution in [3.05, 3.63) is 35.2 Å². The van der Waals surface area contributed by atoms with E-state index in [-0.39, 0.29) is 17.6 Å². The smallest absolute Gasteiger partial charge is 0.236 e. The summed E-state index contributed by atoms with van der Waals surface area (Å²) in [5.41, 5.74) is 8.49. The molecule has 0 fully saturated rings. The van der Waals surface area contributed by atoms with Gasteiger partial charge in [-0.2, -0.15) is 4.98 Å². The van der Waals surface area contributed by atoms with E-state index in [2.05, 4.69) is 25.5 Å². The highest BCUT2D eigenvalue weighted by atomic mass is 32.2. The van der Waals surface area contributed by atoms with E-state index in [1.807, 2.05) is 36.6 Å². The number of rotatable bonds is 5. The summed E-state index contributed by atoms with van der Waals surface area (Å²) < 4.78 is 0. The lowest BCUT2D eigenvalue weighted by Gasteiger charge is -2.00. The van der Waals surface area contributed by atoms with Crippen LogP contribution in [0.4, 0.5) is 11.1 Å². The van der Waals surface area contributed by atoms with Crippen LogP contribution in [0.25, 0.3) is 11.3 Å². The number of carbonyl (C=O) groups excluding carboxylic acids is 1. The molecule has 0 saturated carbocycles. The third-order valence-electron chi connectivity index (χ3n) is 2.91. The van der Waals surface area contributed by atoms with Gasteiger partial charge in [-0.3, -0.25) is 4.79 Å². The molecule has 2 heterocycles. The Bertz CT molecular complexity index is 811. The van der Waals surface area contributed by atoms with Crippen LogP contribution in [0.2, 0.25) is 0 Å². The van der Waals surface area contributed by atoms with Crippen molar-refractivity contribution >= 4 is 40.1 Å². The molecular weight excluding hydrogens is 332 g/mol. The molecule has 0 unspecified atom stereocenters. The van der Waals surface area contributed by atoms with Gasteiger partial charge in [0, 0.05) is 10.9 Å². The number of H-pyrrole nitrogens is 1. The summed E-state index contributed by atoms with van der Waals surface area (Å²) in [6.07, 6.45) is 0. The van der Waals surface area contributed by atoms with Crippen molar-refractivity contribution in [1.29, 1.82) is 0 Å². The summed E-state index contributed by atoms with van der Waals surface area (Å²) in [7, 11) is 0. The molecule has 0 aliphatic carbocycles. The molecule has 7 nitrogen and oxygen atoms in total. The second-order valence-corrected chi connectivity index (χ2v) is 6.54. The van der Waals surface area contributed by atoms with E-state index in [1.165, 1.54) is 28.7 Å². The van der Waals surface area contributed by atoms with E-state index >= 15 is 0 Å². The number of nitrogens with two attached hydrogens (primary N) is 1. The van der Waals surface area contributed by atoms with Gasteiger partial charge in [0.25, 0.3) is 0 Å². The maximum Gasteiger partial charge on any atom is 0.236 e. The summed E-state index contributed by atoms with van der Waals surface area (Å²) in [4.78, 5) is 20.3. The van der Waals surface area contributed by atoms with Gasteiger partial charge < -0.3 is 11.1 Å². The fraction of sp³-hybridized carbons (Fsp3) is 0.143. The molecular formula is C14H14N6OS2. The van der Waals surface area contributed by atoms with Gasteiger partial charge in [0.15, 0.2) is 5.13 Å². The fourth-order valence-corrected chi connectivity index (χ4v) is 3.14. The Kier molecular flexibility index (Phi) is 4.58. The molecule has 1 aromatic carbocycles. The number of amides is 1. The molecule has 0 saturated heterocycles. The number of aromatic nitrogens is 4. The standard InChI is InChI=1S/C14H14N6OS2/c1-8-2-4-9(5-3-8)10-6-22-13(16-10)17-11(21)7-23-14-18-12(15)19-20-14/h2-6H,7H2,1H3,(H,16,17,21)(H3,15,18,19,20). The molecule has 0 aliphatic heterocycles. The maximum atomic E-state index is 11.9. The van der Waals surface area contributed by atoms with Crippen LogP contribution in [0, 0.1) is 6.92 Å². The van der Waals surface area contributed by atoms with E-state index in [0.29, 0.717) is 10.3 Å². The zero-order chi connectivity index (χ0) is 16.2. The topological polar surface area (TPSA) is 110 Å². The SMILES string of the molecule is Cc1ccc(-c2csc(NC(=O)CSc3n[nH]c(N)n3)n2)cc1. The van der Waals surface area contributed by atoms with Crippen molar-refractivity contribution in [3.8, 4) is 11.3 Å². The molecule has 0 radical (unpaired) electrons. The molecule has 118 valence electrons. The van der Waals surface area contributed by atoms with E-state index in [1.54, 1.807) is 0 Å². The van der Waals surface area contributed by atoms with Gasteiger partial charge >= 0.3 is 0 Å². The predicted molar refractivity (Wildman–Crippen MR) is 92.4 cm³/mol. The number of hydrogen-bond donors (Lipinski definition) is 3. The average Bonchev–Trinajstić information content (AvgIpc) is 3.15. The Morgan fingerprint density at radius 2 is 2.13 bits per heavy atom. The van der Waals surface area contributed by atoms with Gasteiger partial charge in [0.2, 0.25) is 17.0 Å². The lowest BCUT2D eigenvalue weighted by molar-refractivity contribution is -0.113. The minimum absolute atomic E-state index is 0.164. The monoisotopic (exact) mass is 346 g/mol. The second kappa shape index (κ2) is 6.80. The first kappa shape index (κ1) is 15.5. The highest BCUT2D eigenvalue weighted by Crippen LogP contribution is 2.25. The molecule has 9 heteroatoms. The predicted octanol–water partition coefficient (Wildman–Crippen LogP) is 2.55. The first-order chi connectivity index (χ1) is 11.1. The first-order valence-corrected chi connectivity index (χ1v) is 8.60. The molecule has 0 aliphatic rings. The Morgan fingerprint density at radius 3 is 2.83 bits per heavy atom. The molecule has 0 atom stereocenters. The first-order valence-electron chi connectivity index (χ1n) is 6.73. The van der Waals surface area contributed by atoms with Crippen LogP contribution in [0.15, 0.2) is 34.8 Å². The second-order valence-electron chi connectivity index (χ2n) is 4.74. The lowest BCUT2D eigenvalue weighted by atomic mass is 10.1. The van der Waals surface area contributed by atoms with Crippen molar-refractivity contribution in [2.24, 2.45) is 0 Å². The van der Waals surface area contributed by atoms with Crippen molar-refractivity contribution in [2.45, 2.75) is 12.1 Å². The van der Waals surface area contributed by atoms with E-state index in [9.17, 15) is 4.79 Å². The Hall–Kier alpha value is -2.39. The van der Waals surface area contributed by atoms with Crippen LogP contribution < -0.4 is 11.1 Å². The maximum absolute atomic E-state index is 11.9. The lowest BCUT2D eigenvalue weighted by Crippen LogP contribution is -2.13. The number of anilines is 2. The third-order valence-corrected chi connectivity index (χ3v) is 4.52. The molecule has 0 bridgehead atoms. The summed E-state index contributed by atoms with van der Waals surface area (Å²) >= 11 is 2.60.